The van der Waals surface area contributed by atoms with Crippen molar-refractivity contribution in [2.24, 2.45) is 0 Å². The Kier molecular flexibility index (Phi) is 3.98. The highest BCUT2D eigenvalue weighted by atomic mass is 35.5. The Labute approximate surface area is 153 Å². The first-order valence-corrected chi connectivity index (χ1v) is 8.53. The predicted molar refractivity (Wildman–Crippen MR) is 96.4 cm³/mol. The minimum Gasteiger partial charge on any atom is -0.334 e. The van der Waals surface area contributed by atoms with Crippen molar-refractivity contribution < 1.29 is 4.79 Å². The molecule has 0 saturated carbocycles. The lowest BCUT2D eigenvalue weighted by Crippen LogP contribution is -2.40. The van der Waals surface area contributed by atoms with Crippen molar-refractivity contribution in [3.63, 3.8) is 0 Å². The lowest BCUT2D eigenvalue weighted by atomic mass is 10.1. The summed E-state index contributed by atoms with van der Waals surface area (Å²) in [4.78, 5) is 31.7. The van der Waals surface area contributed by atoms with Gasteiger partial charge in [0.15, 0.2) is 0 Å². The van der Waals surface area contributed by atoms with E-state index in [1.54, 1.807) is 35.4 Å². The zero-order valence-corrected chi connectivity index (χ0v) is 14.6. The summed E-state index contributed by atoms with van der Waals surface area (Å²) in [6.45, 7) is 0.705. The number of hydrogen-bond donors (Lipinski definition) is 0. The first kappa shape index (κ1) is 16.1. The van der Waals surface area contributed by atoms with Gasteiger partial charge < -0.3 is 4.90 Å². The molecule has 0 radical (unpaired) electrons. The molecular formula is C18H13Cl2N3O2. The van der Waals surface area contributed by atoms with Crippen LogP contribution in [0.3, 0.4) is 0 Å². The van der Waals surface area contributed by atoms with Crippen LogP contribution in [0.1, 0.15) is 21.6 Å². The number of nitrogens with zero attached hydrogens (tertiary/aromatic N) is 3. The molecule has 0 saturated heterocycles. The zero-order valence-electron chi connectivity index (χ0n) is 13.1. The number of rotatable bonds is 1. The summed E-state index contributed by atoms with van der Waals surface area (Å²) in [5.41, 5.74) is 2.16. The van der Waals surface area contributed by atoms with Gasteiger partial charge in [0.1, 0.15) is 5.65 Å². The van der Waals surface area contributed by atoms with Gasteiger partial charge in [0.05, 0.1) is 28.4 Å². The van der Waals surface area contributed by atoms with Crippen LogP contribution in [0, 0.1) is 0 Å². The number of carbonyl (C=O) groups excluding carboxylic acids is 1. The third kappa shape index (κ3) is 2.79. The Hall–Kier alpha value is -2.37. The number of halogens is 2. The van der Waals surface area contributed by atoms with Crippen molar-refractivity contribution in [3.8, 4) is 0 Å². The predicted octanol–water partition coefficient (Wildman–Crippen LogP) is 3.20. The number of fused-ring (bicyclic) bond motifs is 2. The smallest absolute Gasteiger partial charge is 0.263 e. The molecule has 7 heteroatoms. The number of benzene rings is 1. The highest BCUT2D eigenvalue weighted by Crippen LogP contribution is 2.24. The topological polar surface area (TPSA) is 54.7 Å². The number of amides is 1. The van der Waals surface area contributed by atoms with Crippen LogP contribution in [0.25, 0.3) is 5.65 Å². The SMILES string of the molecule is O=C(c1ccc(Cl)cc1Cl)N1CCc2nc3ccccn3c(=O)c2C1. The van der Waals surface area contributed by atoms with Gasteiger partial charge in [0, 0.05) is 24.2 Å². The van der Waals surface area contributed by atoms with Crippen molar-refractivity contribution in [1.82, 2.24) is 14.3 Å². The fourth-order valence-corrected chi connectivity index (χ4v) is 3.54. The highest BCUT2D eigenvalue weighted by Gasteiger charge is 2.26. The van der Waals surface area contributed by atoms with E-state index in [9.17, 15) is 9.59 Å². The molecule has 126 valence electrons. The van der Waals surface area contributed by atoms with Gasteiger partial charge in [-0.05, 0) is 30.3 Å². The van der Waals surface area contributed by atoms with E-state index in [4.69, 9.17) is 23.2 Å². The van der Waals surface area contributed by atoms with Crippen molar-refractivity contribution in [1.29, 1.82) is 0 Å². The monoisotopic (exact) mass is 373 g/mol. The minimum atomic E-state index is -0.218. The van der Waals surface area contributed by atoms with Crippen molar-refractivity contribution >= 4 is 34.8 Å². The molecule has 4 rings (SSSR count). The Morgan fingerprint density at radius 1 is 1.16 bits per heavy atom. The van der Waals surface area contributed by atoms with E-state index in [1.807, 2.05) is 6.07 Å². The molecule has 0 atom stereocenters. The Bertz CT molecular complexity index is 1060. The first-order chi connectivity index (χ1) is 12.0. The van der Waals surface area contributed by atoms with Gasteiger partial charge in [-0.3, -0.25) is 14.0 Å². The maximum atomic E-state index is 12.8. The van der Waals surface area contributed by atoms with Crippen LogP contribution in [0.5, 0.6) is 0 Å². The molecule has 1 aliphatic rings. The fourth-order valence-electron chi connectivity index (χ4n) is 3.05. The standard InChI is InChI=1S/C18H13Cl2N3O2/c19-11-4-5-12(14(20)9-11)17(24)22-8-6-15-13(10-22)18(25)23-7-2-1-3-16(23)21-15/h1-5,7,9H,6,8,10H2. The van der Waals surface area contributed by atoms with Gasteiger partial charge in [0.25, 0.3) is 11.5 Å². The quantitative estimate of drug-likeness (QED) is 0.657. The van der Waals surface area contributed by atoms with Crippen LogP contribution in [0.15, 0.2) is 47.4 Å². The second-order valence-corrected chi connectivity index (χ2v) is 6.72. The summed E-state index contributed by atoms with van der Waals surface area (Å²) in [5, 5.41) is 0.774. The summed E-state index contributed by atoms with van der Waals surface area (Å²) in [5.74, 6) is -0.218. The minimum absolute atomic E-state index is 0.139. The summed E-state index contributed by atoms with van der Waals surface area (Å²) in [6, 6.07) is 10.2. The third-order valence-corrected chi connectivity index (χ3v) is 4.88. The molecule has 25 heavy (non-hydrogen) atoms. The zero-order chi connectivity index (χ0) is 17.6. The number of carbonyl (C=O) groups is 1. The molecule has 1 amide bonds. The lowest BCUT2D eigenvalue weighted by molar-refractivity contribution is 0.0733. The summed E-state index contributed by atoms with van der Waals surface area (Å²) < 4.78 is 1.50. The number of pyridine rings is 1. The van der Waals surface area contributed by atoms with E-state index >= 15 is 0 Å². The van der Waals surface area contributed by atoms with E-state index in [0.717, 1.165) is 5.69 Å². The van der Waals surface area contributed by atoms with Crippen LogP contribution in [0.4, 0.5) is 0 Å². The summed E-state index contributed by atoms with van der Waals surface area (Å²) >= 11 is 12.0. The van der Waals surface area contributed by atoms with Gasteiger partial charge in [-0.2, -0.15) is 0 Å². The fraction of sp³-hybridized carbons (Fsp3) is 0.167. The molecule has 0 fully saturated rings. The van der Waals surface area contributed by atoms with Crippen molar-refractivity contribution in [2.45, 2.75) is 13.0 Å². The van der Waals surface area contributed by atoms with E-state index in [0.29, 0.717) is 39.8 Å². The number of hydrogen-bond acceptors (Lipinski definition) is 3. The molecule has 0 spiro atoms. The van der Waals surface area contributed by atoms with Gasteiger partial charge >= 0.3 is 0 Å². The lowest BCUT2D eigenvalue weighted by Gasteiger charge is -2.28. The van der Waals surface area contributed by atoms with E-state index in [1.165, 1.54) is 10.5 Å². The van der Waals surface area contributed by atoms with E-state index in [-0.39, 0.29) is 18.0 Å². The second kappa shape index (κ2) is 6.17. The van der Waals surface area contributed by atoms with Crippen LogP contribution < -0.4 is 5.56 Å². The Morgan fingerprint density at radius 2 is 2.00 bits per heavy atom. The molecule has 5 nitrogen and oxygen atoms in total. The van der Waals surface area contributed by atoms with Crippen molar-refractivity contribution in [2.75, 3.05) is 6.54 Å². The van der Waals surface area contributed by atoms with Crippen LogP contribution in [-0.4, -0.2) is 26.7 Å². The maximum Gasteiger partial charge on any atom is 0.263 e. The molecule has 2 aromatic heterocycles. The molecule has 0 aliphatic carbocycles. The van der Waals surface area contributed by atoms with Crippen molar-refractivity contribution in [3.05, 3.63) is 79.8 Å². The van der Waals surface area contributed by atoms with E-state index < -0.39 is 0 Å². The molecule has 3 heterocycles. The maximum absolute atomic E-state index is 12.8. The van der Waals surface area contributed by atoms with Gasteiger partial charge in [-0.25, -0.2) is 4.98 Å². The van der Waals surface area contributed by atoms with Crippen LogP contribution >= 0.6 is 23.2 Å². The summed E-state index contributed by atoms with van der Waals surface area (Å²) in [7, 11) is 0. The average molecular weight is 374 g/mol. The molecule has 1 aromatic carbocycles. The molecule has 3 aromatic rings. The molecule has 1 aliphatic heterocycles. The number of aromatic nitrogens is 2. The second-order valence-electron chi connectivity index (χ2n) is 5.87. The highest BCUT2D eigenvalue weighted by molar-refractivity contribution is 6.36. The first-order valence-electron chi connectivity index (χ1n) is 7.78. The molecular weight excluding hydrogens is 361 g/mol. The van der Waals surface area contributed by atoms with Gasteiger partial charge in [0.2, 0.25) is 0 Å². The Balaban J connectivity index is 1.72. The normalized spacial score (nSPS) is 13.8. The Morgan fingerprint density at radius 3 is 2.80 bits per heavy atom. The van der Waals surface area contributed by atoms with E-state index in [2.05, 4.69) is 4.98 Å². The largest absolute Gasteiger partial charge is 0.334 e. The average Bonchev–Trinajstić information content (AvgIpc) is 2.61. The molecule has 0 N–H and O–H groups in total. The van der Waals surface area contributed by atoms with Gasteiger partial charge in [-0.15, -0.1) is 0 Å². The van der Waals surface area contributed by atoms with Crippen LogP contribution in [0.2, 0.25) is 10.0 Å². The summed E-state index contributed by atoms with van der Waals surface area (Å²) in [6.07, 6.45) is 2.22. The molecule has 0 unspecified atom stereocenters. The van der Waals surface area contributed by atoms with Crippen LogP contribution in [-0.2, 0) is 13.0 Å². The molecule has 0 bridgehead atoms. The van der Waals surface area contributed by atoms with Gasteiger partial charge in [-0.1, -0.05) is 29.3 Å². The third-order valence-electron chi connectivity index (χ3n) is 4.33.